The molecular weight excluding hydrogens is 522 g/mol. The van der Waals surface area contributed by atoms with Gasteiger partial charge in [-0.25, -0.2) is 4.79 Å². The van der Waals surface area contributed by atoms with Gasteiger partial charge in [0.25, 0.3) is 0 Å². The third kappa shape index (κ3) is 6.23. The second kappa shape index (κ2) is 13.3. The van der Waals surface area contributed by atoms with E-state index >= 15 is 0 Å². The number of aromatic amines is 1. The Labute approximate surface area is 250 Å². The highest BCUT2D eigenvalue weighted by Crippen LogP contribution is 2.43. The van der Waals surface area contributed by atoms with Gasteiger partial charge in [0.05, 0.1) is 0 Å². The van der Waals surface area contributed by atoms with E-state index in [4.69, 9.17) is 0 Å². The Morgan fingerprint density at radius 1 is 1.07 bits per heavy atom. The Morgan fingerprint density at radius 2 is 1.83 bits per heavy atom. The van der Waals surface area contributed by atoms with Gasteiger partial charge in [-0.3, -0.25) is 14.1 Å². The van der Waals surface area contributed by atoms with Crippen LogP contribution >= 0.6 is 0 Å². The molecule has 3 atom stereocenters. The average molecular weight is 572 g/mol. The zero-order valence-corrected chi connectivity index (χ0v) is 26.2. The number of imidazole rings is 1. The predicted octanol–water partition coefficient (Wildman–Crippen LogP) is 7.15. The van der Waals surface area contributed by atoms with E-state index in [9.17, 15) is 4.79 Å². The molecular formula is C34H49N7O. The minimum Gasteiger partial charge on any atom is -0.295 e. The van der Waals surface area contributed by atoms with Crippen molar-refractivity contribution in [2.75, 3.05) is 0 Å². The summed E-state index contributed by atoms with van der Waals surface area (Å²) < 4.78 is 4.30. The zero-order valence-electron chi connectivity index (χ0n) is 26.2. The summed E-state index contributed by atoms with van der Waals surface area (Å²) in [6.45, 7) is 12.2. The van der Waals surface area contributed by atoms with Crippen LogP contribution in [0.5, 0.6) is 0 Å². The summed E-state index contributed by atoms with van der Waals surface area (Å²) in [5.41, 5.74) is 2.92. The molecule has 3 aromatic rings. The molecule has 8 nitrogen and oxygen atoms in total. The van der Waals surface area contributed by atoms with E-state index in [1.54, 1.807) is 0 Å². The Hall–Kier alpha value is -3.29. The molecule has 0 saturated heterocycles. The lowest BCUT2D eigenvalue weighted by Gasteiger charge is -2.40. The number of nitrogens with zero attached hydrogens (tertiary/aromatic N) is 6. The SMILES string of the molecule is CCCCc1cn(C2C(C(C)C)CCCCCC2C(C)C)c(=O)n1CC1(c2cccc(-c3nn[nH]n3)c2)C=CN=CC1. The van der Waals surface area contributed by atoms with Gasteiger partial charge in [0, 0.05) is 47.9 Å². The molecule has 3 heterocycles. The van der Waals surface area contributed by atoms with Gasteiger partial charge < -0.3 is 0 Å². The summed E-state index contributed by atoms with van der Waals surface area (Å²) in [4.78, 5) is 19.1. The lowest BCUT2D eigenvalue weighted by molar-refractivity contribution is 0.111. The first-order chi connectivity index (χ1) is 20.3. The largest absolute Gasteiger partial charge is 0.328 e. The number of aryl methyl sites for hydroxylation is 1. The van der Waals surface area contributed by atoms with Gasteiger partial charge >= 0.3 is 5.69 Å². The number of aromatic nitrogens is 6. The maximum atomic E-state index is 14.7. The molecule has 226 valence electrons. The number of hydrogen-bond acceptors (Lipinski definition) is 5. The molecule has 0 bridgehead atoms. The van der Waals surface area contributed by atoms with Crippen LogP contribution in [0.1, 0.15) is 103 Å². The summed E-state index contributed by atoms with van der Waals surface area (Å²) in [5, 5.41) is 14.7. The van der Waals surface area contributed by atoms with Crippen molar-refractivity contribution in [2.45, 2.75) is 110 Å². The Kier molecular flexibility index (Phi) is 9.59. The maximum Gasteiger partial charge on any atom is 0.328 e. The van der Waals surface area contributed by atoms with Gasteiger partial charge in [-0.15, -0.1) is 10.2 Å². The van der Waals surface area contributed by atoms with Gasteiger partial charge in [0.15, 0.2) is 0 Å². The molecule has 0 radical (unpaired) electrons. The third-order valence-corrected chi connectivity index (χ3v) is 9.88. The van der Waals surface area contributed by atoms with Crippen LogP contribution in [0.25, 0.3) is 11.4 Å². The number of unbranched alkanes of at least 4 members (excludes halogenated alkanes) is 1. The van der Waals surface area contributed by atoms with Crippen LogP contribution in [0.3, 0.4) is 0 Å². The number of tetrazole rings is 1. The minimum absolute atomic E-state index is 0.146. The second-order valence-electron chi connectivity index (χ2n) is 13.3. The van der Waals surface area contributed by atoms with E-state index in [0.29, 0.717) is 36.0 Å². The lowest BCUT2D eigenvalue weighted by Crippen LogP contribution is -2.41. The Morgan fingerprint density at radius 3 is 2.45 bits per heavy atom. The summed E-state index contributed by atoms with van der Waals surface area (Å²) >= 11 is 0. The fourth-order valence-electron chi connectivity index (χ4n) is 7.44. The minimum atomic E-state index is -0.408. The number of rotatable bonds is 10. The molecule has 1 N–H and O–H groups in total. The first-order valence-corrected chi connectivity index (χ1v) is 16.2. The smallest absolute Gasteiger partial charge is 0.295 e. The first kappa shape index (κ1) is 30.2. The fraction of sp³-hybridized carbons (Fsp3) is 0.618. The van der Waals surface area contributed by atoms with Crippen LogP contribution in [0.4, 0.5) is 0 Å². The summed E-state index contributed by atoms with van der Waals surface area (Å²) in [6.07, 6.45) is 18.3. The highest BCUT2D eigenvalue weighted by molar-refractivity contribution is 5.65. The van der Waals surface area contributed by atoms with E-state index in [0.717, 1.165) is 42.5 Å². The molecule has 1 fully saturated rings. The second-order valence-corrected chi connectivity index (χ2v) is 13.3. The van der Waals surface area contributed by atoms with Crippen LogP contribution in [-0.4, -0.2) is 36.0 Å². The summed E-state index contributed by atoms with van der Waals surface area (Å²) in [7, 11) is 0. The third-order valence-electron chi connectivity index (χ3n) is 9.88. The molecule has 3 unspecified atom stereocenters. The molecule has 1 aromatic carbocycles. The van der Waals surface area contributed by atoms with Crippen molar-refractivity contribution in [1.29, 1.82) is 0 Å². The lowest BCUT2D eigenvalue weighted by atomic mass is 9.71. The maximum absolute atomic E-state index is 14.7. The Balaban J connectivity index is 1.62. The molecule has 8 heteroatoms. The molecule has 5 rings (SSSR count). The van der Waals surface area contributed by atoms with Crippen molar-refractivity contribution in [3.8, 4) is 11.4 Å². The van der Waals surface area contributed by atoms with Gasteiger partial charge in [-0.1, -0.05) is 84.6 Å². The van der Waals surface area contributed by atoms with Crippen molar-refractivity contribution in [1.82, 2.24) is 29.8 Å². The predicted molar refractivity (Wildman–Crippen MR) is 170 cm³/mol. The number of allylic oxidation sites excluding steroid dienone is 1. The van der Waals surface area contributed by atoms with Gasteiger partial charge in [0.1, 0.15) is 0 Å². The quantitative estimate of drug-likeness (QED) is 0.280. The highest BCUT2D eigenvalue weighted by atomic mass is 16.1. The molecule has 1 aliphatic carbocycles. The van der Waals surface area contributed by atoms with E-state index in [2.05, 4.69) is 93.8 Å². The van der Waals surface area contributed by atoms with E-state index < -0.39 is 5.41 Å². The van der Waals surface area contributed by atoms with Crippen molar-refractivity contribution in [3.63, 3.8) is 0 Å². The van der Waals surface area contributed by atoms with Gasteiger partial charge in [0.2, 0.25) is 5.82 Å². The highest BCUT2D eigenvalue weighted by Gasteiger charge is 2.38. The van der Waals surface area contributed by atoms with Crippen molar-refractivity contribution < 1.29 is 0 Å². The number of aliphatic imine (C=N–C) groups is 1. The van der Waals surface area contributed by atoms with Crippen LogP contribution < -0.4 is 5.69 Å². The normalized spacial score (nSPS) is 24.8. The molecule has 1 aliphatic heterocycles. The zero-order chi connectivity index (χ0) is 29.7. The number of H-pyrrole nitrogens is 1. The van der Waals surface area contributed by atoms with Crippen molar-refractivity contribution in [2.24, 2.45) is 28.7 Å². The number of nitrogens with one attached hydrogen (secondary N) is 1. The van der Waals surface area contributed by atoms with Crippen LogP contribution in [0, 0.1) is 23.7 Å². The van der Waals surface area contributed by atoms with E-state index in [1.165, 1.54) is 32.1 Å². The van der Waals surface area contributed by atoms with Crippen LogP contribution in [0.15, 0.2) is 52.5 Å². The average Bonchev–Trinajstić information content (AvgIpc) is 3.61. The molecule has 2 aliphatic rings. The van der Waals surface area contributed by atoms with E-state index in [1.807, 2.05) is 24.5 Å². The number of hydrogen-bond donors (Lipinski definition) is 1. The molecule has 0 amide bonds. The van der Waals surface area contributed by atoms with Crippen LogP contribution in [-0.2, 0) is 18.4 Å². The standard InChI is InChI=1S/C34H49N7O/c1-6-7-14-28-22-40(31-29(24(2)3)15-9-8-10-16-30(31)25(4)5)33(42)41(28)23-34(17-19-35-20-18-34)27-13-11-12-26(21-27)32-36-38-39-37-32/h11-13,17,19-22,24-25,29-31H,6-10,14-16,18,23H2,1-5H3,(H,36,37,38,39). The molecule has 0 spiro atoms. The van der Waals surface area contributed by atoms with Gasteiger partial charge in [-0.2, -0.15) is 5.21 Å². The molecule has 42 heavy (non-hydrogen) atoms. The van der Waals surface area contributed by atoms with Crippen molar-refractivity contribution in [3.05, 3.63) is 64.5 Å². The van der Waals surface area contributed by atoms with E-state index in [-0.39, 0.29) is 11.7 Å². The van der Waals surface area contributed by atoms with Crippen LogP contribution in [0.2, 0.25) is 0 Å². The number of benzene rings is 1. The monoisotopic (exact) mass is 571 g/mol. The molecule has 2 aromatic heterocycles. The fourth-order valence-corrected chi connectivity index (χ4v) is 7.44. The van der Waals surface area contributed by atoms with Crippen molar-refractivity contribution >= 4 is 6.21 Å². The summed E-state index contributed by atoms with van der Waals surface area (Å²) in [5.74, 6) is 2.61. The van der Waals surface area contributed by atoms with Gasteiger partial charge in [-0.05, 0) is 72.6 Å². The topological polar surface area (TPSA) is 93.8 Å². The Bertz CT molecular complexity index is 1400. The molecule has 1 saturated carbocycles. The summed E-state index contributed by atoms with van der Waals surface area (Å²) in [6, 6.07) is 8.56. The first-order valence-electron chi connectivity index (χ1n) is 16.2.